The third kappa shape index (κ3) is 2.99. The fourth-order valence-corrected chi connectivity index (χ4v) is 2.84. The number of alkyl halides is 3. The Balaban J connectivity index is 2.42. The number of benzene rings is 1. The minimum absolute atomic E-state index is 0.397. The van der Waals surface area contributed by atoms with Gasteiger partial charge in [0.25, 0.3) is 0 Å². The molecule has 0 aliphatic heterocycles. The Kier molecular flexibility index (Phi) is 4.10. The summed E-state index contributed by atoms with van der Waals surface area (Å²) < 4.78 is 51.1. The maximum absolute atomic E-state index is 13.3. The van der Waals surface area contributed by atoms with Crippen molar-refractivity contribution in [2.75, 3.05) is 7.05 Å². The maximum Gasteiger partial charge on any atom is 0.443 e. The molecule has 0 saturated heterocycles. The van der Waals surface area contributed by atoms with Gasteiger partial charge in [-0.1, -0.05) is 6.07 Å². The molecular formula is C13H12F4N2S. The van der Waals surface area contributed by atoms with E-state index in [1.807, 2.05) is 0 Å². The summed E-state index contributed by atoms with van der Waals surface area (Å²) in [6.07, 6.45) is -3.28. The second kappa shape index (κ2) is 5.49. The van der Waals surface area contributed by atoms with Crippen LogP contribution in [0.5, 0.6) is 0 Å². The topological polar surface area (TPSA) is 24.9 Å². The van der Waals surface area contributed by atoms with Crippen LogP contribution in [-0.2, 0) is 6.18 Å². The van der Waals surface area contributed by atoms with Crippen LogP contribution in [0.15, 0.2) is 24.4 Å². The van der Waals surface area contributed by atoms with Crippen molar-refractivity contribution in [2.24, 2.45) is 0 Å². The minimum Gasteiger partial charge on any atom is -0.309 e. The molecule has 0 saturated carbocycles. The molecule has 0 spiro atoms. The number of hydrogen-bond donors (Lipinski definition) is 1. The molecule has 1 aromatic heterocycles. The quantitative estimate of drug-likeness (QED) is 0.869. The Morgan fingerprint density at radius 2 is 2.00 bits per heavy atom. The Morgan fingerprint density at radius 3 is 2.55 bits per heavy atom. The lowest BCUT2D eigenvalue weighted by Gasteiger charge is -2.17. The van der Waals surface area contributed by atoms with Gasteiger partial charge in [-0.15, -0.1) is 11.3 Å². The van der Waals surface area contributed by atoms with Crippen molar-refractivity contribution in [1.82, 2.24) is 10.3 Å². The van der Waals surface area contributed by atoms with Crippen molar-refractivity contribution >= 4 is 11.3 Å². The fourth-order valence-electron chi connectivity index (χ4n) is 1.92. The lowest BCUT2D eigenvalue weighted by molar-refractivity contribution is -0.137. The molecule has 0 aliphatic carbocycles. The molecule has 2 aromatic rings. The second-order valence-electron chi connectivity index (χ2n) is 4.29. The Hall–Kier alpha value is -1.47. The zero-order valence-corrected chi connectivity index (χ0v) is 11.6. The van der Waals surface area contributed by atoms with Gasteiger partial charge in [0.15, 0.2) is 5.01 Å². The number of nitrogens with zero attached hydrogens (tertiary/aromatic N) is 1. The van der Waals surface area contributed by atoms with Gasteiger partial charge >= 0.3 is 6.18 Å². The highest BCUT2D eigenvalue weighted by molar-refractivity contribution is 7.11. The molecule has 0 radical (unpaired) electrons. The Bertz CT molecular complexity index is 607. The highest BCUT2D eigenvalue weighted by Gasteiger charge is 2.35. The van der Waals surface area contributed by atoms with E-state index in [1.54, 1.807) is 20.0 Å². The van der Waals surface area contributed by atoms with Crippen LogP contribution in [0, 0.1) is 12.7 Å². The third-order valence-corrected chi connectivity index (χ3v) is 4.00. The molecule has 0 bridgehead atoms. The molecule has 1 unspecified atom stereocenters. The zero-order valence-electron chi connectivity index (χ0n) is 10.8. The van der Waals surface area contributed by atoms with E-state index in [9.17, 15) is 17.6 Å². The molecule has 20 heavy (non-hydrogen) atoms. The number of halogens is 4. The van der Waals surface area contributed by atoms with Gasteiger partial charge in [0, 0.05) is 11.1 Å². The number of rotatable bonds is 3. The lowest BCUT2D eigenvalue weighted by Crippen LogP contribution is -2.17. The van der Waals surface area contributed by atoms with Crippen LogP contribution in [0.1, 0.15) is 27.1 Å². The number of nitrogens with one attached hydrogen (secondary N) is 1. The Morgan fingerprint density at radius 1 is 1.30 bits per heavy atom. The van der Waals surface area contributed by atoms with Crippen LogP contribution >= 0.6 is 11.3 Å². The van der Waals surface area contributed by atoms with Crippen LogP contribution in [-0.4, -0.2) is 12.0 Å². The van der Waals surface area contributed by atoms with Gasteiger partial charge in [-0.3, -0.25) is 0 Å². The van der Waals surface area contributed by atoms with E-state index in [0.29, 0.717) is 21.8 Å². The first-order chi connectivity index (χ1) is 9.32. The normalized spacial score (nSPS) is 13.5. The van der Waals surface area contributed by atoms with E-state index < -0.39 is 23.0 Å². The van der Waals surface area contributed by atoms with Crippen molar-refractivity contribution in [3.8, 4) is 0 Å². The molecule has 2 rings (SSSR count). The summed E-state index contributed by atoms with van der Waals surface area (Å²) in [5, 5.41) is 2.00. The number of thiazole rings is 1. The number of aromatic nitrogens is 1. The second-order valence-corrected chi connectivity index (χ2v) is 5.35. The SMILES string of the molecule is CNC(c1cnc(C(F)(F)F)s1)c1cc(F)ccc1C. The average Bonchev–Trinajstić information content (AvgIpc) is 2.84. The standard InChI is InChI=1S/C13H12F4N2S/c1-7-3-4-8(14)5-9(7)11(18-2)10-6-19-12(20-10)13(15,16)17/h3-6,11,18H,1-2H3. The van der Waals surface area contributed by atoms with Gasteiger partial charge in [0.1, 0.15) is 5.82 Å². The predicted molar refractivity (Wildman–Crippen MR) is 69.2 cm³/mol. The van der Waals surface area contributed by atoms with E-state index >= 15 is 0 Å². The lowest BCUT2D eigenvalue weighted by atomic mass is 10.0. The summed E-state index contributed by atoms with van der Waals surface area (Å²) in [6.45, 7) is 1.78. The summed E-state index contributed by atoms with van der Waals surface area (Å²) in [7, 11) is 1.61. The number of aryl methyl sites for hydroxylation is 1. The van der Waals surface area contributed by atoms with E-state index in [0.717, 1.165) is 5.56 Å². The summed E-state index contributed by atoms with van der Waals surface area (Å²) in [5.74, 6) is -0.425. The maximum atomic E-state index is 13.3. The van der Waals surface area contributed by atoms with E-state index in [2.05, 4.69) is 10.3 Å². The molecule has 108 valence electrons. The summed E-state index contributed by atoms with van der Waals surface area (Å²) in [4.78, 5) is 3.79. The molecule has 7 heteroatoms. The van der Waals surface area contributed by atoms with Gasteiger partial charge in [-0.05, 0) is 37.2 Å². The Labute approximate surface area is 117 Å². The summed E-state index contributed by atoms with van der Waals surface area (Å²) in [5.41, 5.74) is 1.40. The zero-order chi connectivity index (χ0) is 14.9. The summed E-state index contributed by atoms with van der Waals surface area (Å²) >= 11 is 0.561. The van der Waals surface area contributed by atoms with Gasteiger partial charge < -0.3 is 5.32 Å². The van der Waals surface area contributed by atoms with Crippen molar-refractivity contribution in [3.05, 3.63) is 51.2 Å². The van der Waals surface area contributed by atoms with Gasteiger partial charge in [-0.25, -0.2) is 9.37 Å². The summed E-state index contributed by atoms with van der Waals surface area (Å²) in [6, 6.07) is 3.73. The number of hydrogen-bond acceptors (Lipinski definition) is 3. The molecule has 2 nitrogen and oxygen atoms in total. The van der Waals surface area contributed by atoms with Crippen molar-refractivity contribution in [1.29, 1.82) is 0 Å². The molecule has 1 atom stereocenters. The van der Waals surface area contributed by atoms with Crippen LogP contribution in [0.25, 0.3) is 0 Å². The first-order valence-corrected chi connectivity index (χ1v) is 6.61. The highest BCUT2D eigenvalue weighted by Crippen LogP contribution is 2.36. The van der Waals surface area contributed by atoms with Gasteiger partial charge in [-0.2, -0.15) is 13.2 Å². The van der Waals surface area contributed by atoms with E-state index in [1.165, 1.54) is 18.3 Å². The average molecular weight is 304 g/mol. The van der Waals surface area contributed by atoms with Gasteiger partial charge in [0.05, 0.1) is 6.04 Å². The van der Waals surface area contributed by atoms with Crippen LogP contribution in [0.3, 0.4) is 0 Å². The fraction of sp³-hybridized carbons (Fsp3) is 0.308. The molecular weight excluding hydrogens is 292 g/mol. The van der Waals surface area contributed by atoms with Crippen molar-refractivity contribution in [2.45, 2.75) is 19.1 Å². The first-order valence-electron chi connectivity index (χ1n) is 5.79. The monoisotopic (exact) mass is 304 g/mol. The molecule has 0 amide bonds. The van der Waals surface area contributed by atoms with Crippen LogP contribution in [0.4, 0.5) is 17.6 Å². The van der Waals surface area contributed by atoms with Crippen molar-refractivity contribution < 1.29 is 17.6 Å². The minimum atomic E-state index is -4.46. The largest absolute Gasteiger partial charge is 0.443 e. The van der Waals surface area contributed by atoms with Crippen molar-refractivity contribution in [3.63, 3.8) is 0 Å². The van der Waals surface area contributed by atoms with Crippen LogP contribution in [0.2, 0.25) is 0 Å². The molecule has 0 aliphatic rings. The van der Waals surface area contributed by atoms with E-state index in [-0.39, 0.29) is 0 Å². The molecule has 1 heterocycles. The van der Waals surface area contributed by atoms with Gasteiger partial charge in [0.2, 0.25) is 0 Å². The van der Waals surface area contributed by atoms with E-state index in [4.69, 9.17) is 0 Å². The molecule has 1 aromatic carbocycles. The third-order valence-electron chi connectivity index (χ3n) is 2.89. The molecule has 1 N–H and O–H groups in total. The first kappa shape index (κ1) is 14.9. The predicted octanol–water partition coefficient (Wildman–Crippen LogP) is 3.92. The van der Waals surface area contributed by atoms with Crippen LogP contribution < -0.4 is 5.32 Å². The smallest absolute Gasteiger partial charge is 0.309 e. The molecule has 0 fully saturated rings. The highest BCUT2D eigenvalue weighted by atomic mass is 32.1.